The third-order valence-electron chi connectivity index (χ3n) is 5.59. The Kier molecular flexibility index (Phi) is 11.8. The summed E-state index contributed by atoms with van der Waals surface area (Å²) in [6.07, 6.45) is 2.14. The summed E-state index contributed by atoms with van der Waals surface area (Å²) >= 11 is 7.92. The number of anilines is 1. The molecule has 208 valence electrons. The highest BCUT2D eigenvalue weighted by Gasteiger charge is 2.36. The summed E-state index contributed by atoms with van der Waals surface area (Å²) in [5.74, 6) is -0.223. The molecule has 3 N–H and O–H groups in total. The fourth-order valence-electron chi connectivity index (χ4n) is 3.86. The molecule has 3 amide bonds. The van der Waals surface area contributed by atoms with E-state index < -0.39 is 35.6 Å². The molecular formula is C28H38ClN3O5S. The number of amides is 3. The van der Waals surface area contributed by atoms with Crippen molar-refractivity contribution in [2.24, 2.45) is 0 Å². The average Bonchev–Trinajstić information content (AvgIpc) is 2.83. The van der Waals surface area contributed by atoms with Gasteiger partial charge in [0.2, 0.25) is 5.91 Å². The topological polar surface area (TPSA) is 108 Å². The van der Waals surface area contributed by atoms with E-state index >= 15 is 0 Å². The molecule has 2 atom stereocenters. The van der Waals surface area contributed by atoms with Crippen molar-refractivity contribution in [2.75, 3.05) is 23.9 Å². The van der Waals surface area contributed by atoms with Crippen LogP contribution in [0.15, 0.2) is 42.5 Å². The Morgan fingerprint density at radius 1 is 1.13 bits per heavy atom. The molecule has 2 aromatic carbocycles. The standard InChI is InChI=1S/C28H38ClN3O5S/c1-7-16-32(26(35)22(15-17-38-6)30-27(36)37-28(3,4)5)24(19-11-13-20(33)14-12-19)25(34)31-23-18(2)9-8-10-21(23)29/h8-14,22,24,33H,7,15-17H2,1-6H3,(H,30,36)(H,31,34). The molecular weight excluding hydrogens is 526 g/mol. The Morgan fingerprint density at radius 3 is 2.34 bits per heavy atom. The first kappa shape index (κ1) is 31.3. The maximum atomic E-state index is 14.0. The fraction of sp³-hybridized carbons (Fsp3) is 0.464. The molecule has 38 heavy (non-hydrogen) atoms. The second-order valence-corrected chi connectivity index (χ2v) is 11.3. The lowest BCUT2D eigenvalue weighted by Crippen LogP contribution is -2.52. The number of aromatic hydroxyl groups is 1. The van der Waals surface area contributed by atoms with Gasteiger partial charge in [-0.15, -0.1) is 0 Å². The van der Waals surface area contributed by atoms with E-state index in [1.165, 1.54) is 17.0 Å². The molecule has 0 bridgehead atoms. The molecule has 2 unspecified atom stereocenters. The van der Waals surface area contributed by atoms with Crippen molar-refractivity contribution >= 4 is 47.0 Å². The van der Waals surface area contributed by atoms with Crippen molar-refractivity contribution in [3.63, 3.8) is 0 Å². The monoisotopic (exact) mass is 563 g/mol. The number of nitrogens with one attached hydrogen (secondary N) is 2. The van der Waals surface area contributed by atoms with Crippen LogP contribution in [-0.2, 0) is 14.3 Å². The number of halogens is 1. The van der Waals surface area contributed by atoms with Crippen molar-refractivity contribution in [2.45, 2.75) is 65.1 Å². The number of alkyl carbamates (subject to hydrolysis) is 1. The number of carbonyl (C=O) groups is 3. The van der Waals surface area contributed by atoms with E-state index in [1.807, 2.05) is 26.2 Å². The normalized spacial score (nSPS) is 12.8. The number of benzene rings is 2. The number of phenolic OH excluding ortho intramolecular Hbond substituents is 1. The van der Waals surface area contributed by atoms with Gasteiger partial charge in [0.1, 0.15) is 23.4 Å². The Balaban J connectivity index is 2.51. The van der Waals surface area contributed by atoms with Gasteiger partial charge in [-0.05, 0) is 81.9 Å². The van der Waals surface area contributed by atoms with Crippen LogP contribution in [0.3, 0.4) is 0 Å². The summed E-state index contributed by atoms with van der Waals surface area (Å²) in [6, 6.07) is 9.49. The van der Waals surface area contributed by atoms with Crippen LogP contribution in [0.1, 0.15) is 57.7 Å². The molecule has 0 aliphatic carbocycles. The van der Waals surface area contributed by atoms with Crippen molar-refractivity contribution in [3.05, 3.63) is 58.6 Å². The van der Waals surface area contributed by atoms with Crippen LogP contribution < -0.4 is 10.6 Å². The predicted molar refractivity (Wildman–Crippen MR) is 154 cm³/mol. The molecule has 0 aromatic heterocycles. The van der Waals surface area contributed by atoms with Gasteiger partial charge in [-0.2, -0.15) is 11.8 Å². The Hall–Kier alpha value is -2.91. The molecule has 2 aromatic rings. The Bertz CT molecular complexity index is 1080. The second kappa shape index (κ2) is 14.3. The van der Waals surface area contributed by atoms with Gasteiger partial charge in [0.15, 0.2) is 0 Å². The number of hydrogen-bond acceptors (Lipinski definition) is 6. The molecule has 10 heteroatoms. The Labute approximate surface area is 234 Å². The predicted octanol–water partition coefficient (Wildman–Crippen LogP) is 5.92. The summed E-state index contributed by atoms with van der Waals surface area (Å²) in [5.41, 5.74) is 1.00. The number of phenols is 1. The summed E-state index contributed by atoms with van der Waals surface area (Å²) in [4.78, 5) is 41.9. The molecule has 0 fully saturated rings. The number of ether oxygens (including phenoxy) is 1. The molecule has 0 radical (unpaired) electrons. The van der Waals surface area contributed by atoms with E-state index in [0.717, 1.165) is 5.56 Å². The van der Waals surface area contributed by atoms with E-state index in [0.29, 0.717) is 34.9 Å². The molecule has 2 rings (SSSR count). The van der Waals surface area contributed by atoms with E-state index in [9.17, 15) is 19.5 Å². The summed E-state index contributed by atoms with van der Waals surface area (Å²) < 4.78 is 5.40. The molecule has 0 heterocycles. The van der Waals surface area contributed by atoms with Crippen LogP contribution in [0.4, 0.5) is 10.5 Å². The second-order valence-electron chi connectivity index (χ2n) is 9.93. The third kappa shape index (κ3) is 9.13. The molecule has 0 saturated carbocycles. The first-order chi connectivity index (χ1) is 17.9. The van der Waals surface area contributed by atoms with E-state index in [2.05, 4.69) is 10.6 Å². The minimum Gasteiger partial charge on any atom is -0.508 e. The zero-order valence-corrected chi connectivity index (χ0v) is 24.4. The van der Waals surface area contributed by atoms with Gasteiger partial charge in [0.05, 0.1) is 10.7 Å². The molecule has 0 saturated heterocycles. The number of thioether (sulfide) groups is 1. The van der Waals surface area contributed by atoms with Crippen LogP contribution in [0, 0.1) is 6.92 Å². The van der Waals surface area contributed by atoms with Gasteiger partial charge in [-0.1, -0.05) is 42.8 Å². The minimum atomic E-state index is -1.05. The first-order valence-electron chi connectivity index (χ1n) is 12.5. The van der Waals surface area contributed by atoms with Crippen molar-refractivity contribution in [1.82, 2.24) is 10.2 Å². The van der Waals surface area contributed by atoms with Gasteiger partial charge in [0.25, 0.3) is 5.91 Å². The average molecular weight is 564 g/mol. The van der Waals surface area contributed by atoms with E-state index in [-0.39, 0.29) is 12.3 Å². The van der Waals surface area contributed by atoms with Crippen LogP contribution in [0.2, 0.25) is 5.02 Å². The summed E-state index contributed by atoms with van der Waals surface area (Å²) in [5, 5.41) is 15.8. The van der Waals surface area contributed by atoms with Gasteiger partial charge >= 0.3 is 6.09 Å². The summed E-state index contributed by atoms with van der Waals surface area (Å²) in [7, 11) is 0. The number of hydrogen-bond donors (Lipinski definition) is 3. The molecule has 0 aliphatic rings. The van der Waals surface area contributed by atoms with Crippen molar-refractivity contribution in [1.29, 1.82) is 0 Å². The largest absolute Gasteiger partial charge is 0.508 e. The number of para-hydroxylation sites is 1. The lowest BCUT2D eigenvalue weighted by Gasteiger charge is -2.34. The van der Waals surface area contributed by atoms with E-state index in [4.69, 9.17) is 16.3 Å². The van der Waals surface area contributed by atoms with Crippen LogP contribution in [-0.4, -0.2) is 58.1 Å². The first-order valence-corrected chi connectivity index (χ1v) is 14.3. The smallest absolute Gasteiger partial charge is 0.408 e. The molecule has 0 aliphatic heterocycles. The summed E-state index contributed by atoms with van der Waals surface area (Å²) in [6.45, 7) is 9.23. The molecule has 8 nitrogen and oxygen atoms in total. The maximum Gasteiger partial charge on any atom is 0.408 e. The zero-order valence-electron chi connectivity index (χ0n) is 22.8. The van der Waals surface area contributed by atoms with Crippen LogP contribution in [0.5, 0.6) is 5.75 Å². The number of nitrogens with zero attached hydrogens (tertiary/aromatic N) is 1. The molecule has 0 spiro atoms. The highest BCUT2D eigenvalue weighted by atomic mass is 35.5. The third-order valence-corrected chi connectivity index (χ3v) is 6.55. The number of aryl methyl sites for hydroxylation is 1. The van der Waals surface area contributed by atoms with Gasteiger partial charge in [-0.25, -0.2) is 4.79 Å². The highest BCUT2D eigenvalue weighted by molar-refractivity contribution is 7.98. The number of carbonyl (C=O) groups excluding carboxylic acids is 3. The lowest BCUT2D eigenvalue weighted by atomic mass is 10.0. The van der Waals surface area contributed by atoms with E-state index in [1.54, 1.807) is 56.8 Å². The Morgan fingerprint density at radius 2 is 1.79 bits per heavy atom. The SMILES string of the molecule is CCCN(C(=O)C(CCSC)NC(=O)OC(C)(C)C)C(C(=O)Nc1c(C)cccc1Cl)c1ccc(O)cc1. The minimum absolute atomic E-state index is 0.0349. The maximum absolute atomic E-state index is 14.0. The zero-order chi connectivity index (χ0) is 28.5. The number of rotatable bonds is 11. The van der Waals surface area contributed by atoms with Crippen molar-refractivity contribution in [3.8, 4) is 5.75 Å². The quantitative estimate of drug-likeness (QED) is 0.313. The highest BCUT2D eigenvalue weighted by Crippen LogP contribution is 2.30. The van der Waals surface area contributed by atoms with Crippen molar-refractivity contribution < 1.29 is 24.2 Å². The fourth-order valence-corrected chi connectivity index (χ4v) is 4.60. The van der Waals surface area contributed by atoms with Gasteiger partial charge < -0.3 is 25.4 Å². The van der Waals surface area contributed by atoms with Crippen LogP contribution in [0.25, 0.3) is 0 Å². The van der Waals surface area contributed by atoms with Crippen LogP contribution >= 0.6 is 23.4 Å². The lowest BCUT2D eigenvalue weighted by molar-refractivity contribution is -0.140. The van der Waals surface area contributed by atoms with Gasteiger partial charge in [-0.3, -0.25) is 9.59 Å². The van der Waals surface area contributed by atoms with Gasteiger partial charge in [0, 0.05) is 6.54 Å².